The van der Waals surface area contributed by atoms with E-state index in [4.69, 9.17) is 0 Å². The molecule has 1 saturated heterocycles. The number of fused-ring (bicyclic) bond motifs is 1. The van der Waals surface area contributed by atoms with Crippen molar-refractivity contribution >= 4 is 38.7 Å². The maximum absolute atomic E-state index is 14.2. The molecule has 2 atom stereocenters. The van der Waals surface area contributed by atoms with Gasteiger partial charge in [0.1, 0.15) is 22.4 Å². The number of para-hydroxylation sites is 2. The molecule has 2 N–H and O–H groups in total. The van der Waals surface area contributed by atoms with Gasteiger partial charge in [-0.3, -0.25) is 19.4 Å². The van der Waals surface area contributed by atoms with Gasteiger partial charge in [0, 0.05) is 6.54 Å². The van der Waals surface area contributed by atoms with Crippen LogP contribution in [0.25, 0.3) is 11.0 Å². The van der Waals surface area contributed by atoms with Crippen LogP contribution >= 0.6 is 0 Å². The summed E-state index contributed by atoms with van der Waals surface area (Å²) in [6.45, 7) is 3.28. The quantitative estimate of drug-likeness (QED) is 0.435. The zero-order valence-corrected chi connectivity index (χ0v) is 22.4. The Hall–Kier alpha value is -3.77. The molecule has 1 unspecified atom stereocenters. The second-order valence-corrected chi connectivity index (χ2v) is 11.7. The average molecular weight is 556 g/mol. The highest BCUT2D eigenvalue weighted by Crippen LogP contribution is 2.22. The van der Waals surface area contributed by atoms with Crippen molar-refractivity contribution in [1.82, 2.24) is 24.9 Å². The minimum Gasteiger partial charge on any atom is -0.344 e. The van der Waals surface area contributed by atoms with Crippen molar-refractivity contribution in [2.45, 2.75) is 50.1 Å². The Morgan fingerprint density at radius 2 is 1.79 bits per heavy atom. The van der Waals surface area contributed by atoms with Crippen molar-refractivity contribution in [3.8, 4) is 0 Å². The fraction of sp³-hybridized carbons (Fsp3) is 0.370. The van der Waals surface area contributed by atoms with Crippen LogP contribution in [0.2, 0.25) is 0 Å². The minimum absolute atomic E-state index is 0.00156. The topological polar surface area (TPSA) is 138 Å². The summed E-state index contributed by atoms with van der Waals surface area (Å²) in [5.41, 5.74) is 1.22. The van der Waals surface area contributed by atoms with Gasteiger partial charge in [-0.15, -0.1) is 0 Å². The highest BCUT2D eigenvalue weighted by Gasteiger charge is 2.35. The first-order valence-electron chi connectivity index (χ1n) is 12.7. The van der Waals surface area contributed by atoms with Gasteiger partial charge < -0.3 is 10.6 Å². The Balaban J connectivity index is 1.45. The van der Waals surface area contributed by atoms with Gasteiger partial charge in [-0.2, -0.15) is 4.31 Å². The summed E-state index contributed by atoms with van der Waals surface area (Å²) in [5.74, 6) is -2.52. The molecule has 4 rings (SSSR count). The van der Waals surface area contributed by atoms with E-state index in [1.165, 1.54) is 18.3 Å². The Morgan fingerprint density at radius 1 is 1.10 bits per heavy atom. The van der Waals surface area contributed by atoms with Crippen molar-refractivity contribution in [1.29, 1.82) is 0 Å². The number of halogens is 1. The van der Waals surface area contributed by atoms with Gasteiger partial charge in [0.05, 0.1) is 29.8 Å². The van der Waals surface area contributed by atoms with Crippen LogP contribution in [0, 0.1) is 11.7 Å². The minimum atomic E-state index is -4.24. The molecule has 0 aliphatic carbocycles. The van der Waals surface area contributed by atoms with E-state index in [1.54, 1.807) is 18.2 Å². The summed E-state index contributed by atoms with van der Waals surface area (Å²) >= 11 is 0. The number of rotatable bonds is 8. The highest BCUT2D eigenvalue weighted by molar-refractivity contribution is 7.89. The number of Topliss-reactive ketones (excluding diaryl/α,β-unsaturated/α-hetero) is 1. The largest absolute Gasteiger partial charge is 0.344 e. The average Bonchev–Trinajstić information content (AvgIpc) is 3.09. The van der Waals surface area contributed by atoms with Gasteiger partial charge in [0.15, 0.2) is 5.78 Å². The van der Waals surface area contributed by atoms with Crippen molar-refractivity contribution in [3.63, 3.8) is 0 Å². The zero-order chi connectivity index (χ0) is 28.2. The summed E-state index contributed by atoms with van der Waals surface area (Å²) in [5, 5.41) is 5.39. The molecule has 1 aliphatic rings. The van der Waals surface area contributed by atoms with Crippen LogP contribution in [0.5, 0.6) is 0 Å². The van der Waals surface area contributed by atoms with Crippen LogP contribution in [0.3, 0.4) is 0 Å². The number of carbonyl (C=O) groups is 3. The highest BCUT2D eigenvalue weighted by atomic mass is 32.2. The SMILES string of the molecule is CC(C)C[C@H](NC(=O)c1cnc2ccccc2n1)C(=O)NC1CCCN(S(=O)(=O)c2ccccc2F)CC1=O. The van der Waals surface area contributed by atoms with Gasteiger partial charge in [0.25, 0.3) is 5.91 Å². The Bertz CT molecular complexity index is 1500. The van der Waals surface area contributed by atoms with Crippen LogP contribution in [-0.4, -0.2) is 65.5 Å². The summed E-state index contributed by atoms with van der Waals surface area (Å²) in [6, 6.07) is 10.2. The molecule has 2 amide bonds. The molecule has 1 aliphatic heterocycles. The van der Waals surface area contributed by atoms with Crippen LogP contribution < -0.4 is 10.6 Å². The molecule has 1 aromatic heterocycles. The third-order valence-corrected chi connectivity index (χ3v) is 8.28. The first-order chi connectivity index (χ1) is 18.6. The molecule has 0 radical (unpaired) electrons. The van der Waals surface area contributed by atoms with Gasteiger partial charge >= 0.3 is 0 Å². The summed E-state index contributed by atoms with van der Waals surface area (Å²) in [4.78, 5) is 47.3. The van der Waals surface area contributed by atoms with E-state index in [0.29, 0.717) is 17.5 Å². The van der Waals surface area contributed by atoms with Gasteiger partial charge in [0.2, 0.25) is 15.9 Å². The predicted octanol–water partition coefficient (Wildman–Crippen LogP) is 2.45. The third kappa shape index (κ3) is 6.63. The molecule has 2 heterocycles. The molecule has 0 bridgehead atoms. The fourth-order valence-corrected chi connectivity index (χ4v) is 5.93. The van der Waals surface area contributed by atoms with E-state index in [1.807, 2.05) is 19.9 Å². The normalized spacial score (nSPS) is 17.5. The van der Waals surface area contributed by atoms with Crippen LogP contribution in [0.4, 0.5) is 4.39 Å². The number of hydrogen-bond acceptors (Lipinski definition) is 7. The van der Waals surface area contributed by atoms with E-state index < -0.39 is 57.0 Å². The lowest BCUT2D eigenvalue weighted by molar-refractivity contribution is -0.129. The zero-order valence-electron chi connectivity index (χ0n) is 21.6. The molecule has 206 valence electrons. The number of nitrogens with zero attached hydrogens (tertiary/aromatic N) is 3. The number of carbonyl (C=O) groups excluding carboxylic acids is 3. The molecule has 2 aromatic carbocycles. The molecule has 10 nitrogen and oxygen atoms in total. The number of ketones is 1. The van der Waals surface area contributed by atoms with E-state index in [-0.39, 0.29) is 31.0 Å². The number of amides is 2. The fourth-order valence-electron chi connectivity index (χ4n) is 4.42. The maximum atomic E-state index is 14.2. The van der Waals surface area contributed by atoms with Crippen molar-refractivity contribution < 1.29 is 27.2 Å². The molecule has 1 fully saturated rings. The first kappa shape index (κ1) is 28.2. The number of nitrogens with one attached hydrogen (secondary N) is 2. The van der Waals surface area contributed by atoms with Crippen LogP contribution in [0.1, 0.15) is 43.6 Å². The lowest BCUT2D eigenvalue weighted by Gasteiger charge is -2.23. The molecular weight excluding hydrogens is 525 g/mol. The summed E-state index contributed by atoms with van der Waals surface area (Å²) < 4.78 is 41.1. The molecule has 0 spiro atoms. The van der Waals surface area contributed by atoms with Gasteiger partial charge in [-0.25, -0.2) is 17.8 Å². The molecule has 39 heavy (non-hydrogen) atoms. The predicted molar refractivity (Wildman–Crippen MR) is 142 cm³/mol. The molecule has 3 aromatic rings. The van der Waals surface area contributed by atoms with Gasteiger partial charge in [-0.1, -0.05) is 38.1 Å². The second-order valence-electron chi connectivity index (χ2n) is 9.84. The van der Waals surface area contributed by atoms with E-state index in [2.05, 4.69) is 20.6 Å². The molecule has 0 saturated carbocycles. The van der Waals surface area contributed by atoms with E-state index in [0.717, 1.165) is 16.4 Å². The second kappa shape index (κ2) is 12.0. The lowest BCUT2D eigenvalue weighted by Crippen LogP contribution is -2.52. The first-order valence-corrected chi connectivity index (χ1v) is 14.1. The maximum Gasteiger partial charge on any atom is 0.272 e. The summed E-state index contributed by atoms with van der Waals surface area (Å²) in [7, 11) is -4.24. The number of sulfonamides is 1. The number of aromatic nitrogens is 2. The standard InChI is InChI=1S/C27H30FN5O5S/c1-17(2)14-22(32-27(36)23-15-29-19-9-4-5-10-20(19)30-23)26(35)31-21-11-7-13-33(16-24(21)34)39(37,38)25-12-6-3-8-18(25)28/h3-6,8-10,12,15,17,21-22H,7,11,13-14,16H2,1-2H3,(H,31,35)(H,32,36)/t21?,22-/m0/s1. The Kier molecular flexibility index (Phi) is 8.66. The summed E-state index contributed by atoms with van der Waals surface area (Å²) in [6.07, 6.45) is 2.11. The van der Waals surface area contributed by atoms with Crippen molar-refractivity contribution in [2.75, 3.05) is 13.1 Å². The molecule has 12 heteroatoms. The number of hydrogen-bond donors (Lipinski definition) is 2. The smallest absolute Gasteiger partial charge is 0.272 e. The van der Waals surface area contributed by atoms with Crippen molar-refractivity contribution in [2.24, 2.45) is 5.92 Å². The van der Waals surface area contributed by atoms with Crippen molar-refractivity contribution in [3.05, 3.63) is 66.2 Å². The number of benzene rings is 2. The van der Waals surface area contributed by atoms with Crippen LogP contribution in [-0.2, 0) is 19.6 Å². The monoisotopic (exact) mass is 555 g/mol. The Morgan fingerprint density at radius 3 is 2.51 bits per heavy atom. The van der Waals surface area contributed by atoms with E-state index in [9.17, 15) is 27.2 Å². The van der Waals surface area contributed by atoms with E-state index >= 15 is 0 Å². The van der Waals surface area contributed by atoms with Gasteiger partial charge in [-0.05, 0) is 49.4 Å². The lowest BCUT2D eigenvalue weighted by atomic mass is 10.0. The van der Waals surface area contributed by atoms with Crippen LogP contribution in [0.15, 0.2) is 59.6 Å². The Labute approximate surface area is 226 Å². The third-order valence-electron chi connectivity index (χ3n) is 6.40. The molecular formula is C27H30FN5O5S.